The van der Waals surface area contributed by atoms with Gasteiger partial charge in [-0.2, -0.15) is 0 Å². The lowest BCUT2D eigenvalue weighted by molar-refractivity contribution is 0.0453. The molecule has 8 nitrogen and oxygen atoms in total. The van der Waals surface area contributed by atoms with Gasteiger partial charge >= 0.3 is 43.3 Å². The lowest BCUT2D eigenvalue weighted by Gasteiger charge is -2.45. The van der Waals surface area contributed by atoms with Crippen LogP contribution in [0.5, 0.6) is 0 Å². The smallest absolute Gasteiger partial charge is 0.392 e. The van der Waals surface area contributed by atoms with E-state index in [0.29, 0.717) is 0 Å². The molecule has 4 atom stereocenters. The highest BCUT2D eigenvalue weighted by atomic mass is 28.6. The SMILES string of the molecule is CCC(C)O[Si](C)(C)O[Si](O[Si](C)(C)OC(C)CC)(O[Si](C)(C)OC(C)CC)O[Si](C)(C)OC(C)CC. The summed E-state index contributed by atoms with van der Waals surface area (Å²) in [5.41, 5.74) is 0. The van der Waals surface area contributed by atoms with Crippen LogP contribution in [0.15, 0.2) is 0 Å². The van der Waals surface area contributed by atoms with Crippen LogP contribution in [0.1, 0.15) is 81.1 Å². The predicted molar refractivity (Wildman–Crippen MR) is 163 cm³/mol. The molecular formula is C24H60O8Si5. The van der Waals surface area contributed by atoms with Gasteiger partial charge in [0.1, 0.15) is 0 Å². The van der Waals surface area contributed by atoms with Crippen LogP contribution in [0.25, 0.3) is 0 Å². The summed E-state index contributed by atoms with van der Waals surface area (Å²) >= 11 is 0. The summed E-state index contributed by atoms with van der Waals surface area (Å²) in [5, 5.41) is 0. The zero-order chi connectivity index (χ0) is 29.3. The molecule has 0 aromatic heterocycles. The highest BCUT2D eigenvalue weighted by Gasteiger charge is 2.61. The topological polar surface area (TPSA) is 73.8 Å². The maximum Gasteiger partial charge on any atom is 0.643 e. The van der Waals surface area contributed by atoms with Crippen molar-refractivity contribution < 1.29 is 34.2 Å². The first kappa shape index (κ1) is 37.8. The second-order valence-electron chi connectivity index (χ2n) is 11.9. The van der Waals surface area contributed by atoms with E-state index in [1.165, 1.54) is 0 Å². The first-order chi connectivity index (χ1) is 16.6. The van der Waals surface area contributed by atoms with Gasteiger partial charge < -0.3 is 34.2 Å². The van der Waals surface area contributed by atoms with Crippen molar-refractivity contribution in [2.24, 2.45) is 0 Å². The Kier molecular flexibility index (Phi) is 16.0. The molecule has 4 unspecified atom stereocenters. The molecule has 0 aliphatic rings. The molecular weight excluding hydrogens is 557 g/mol. The zero-order valence-electron chi connectivity index (χ0n) is 26.9. The minimum atomic E-state index is -3.91. The van der Waals surface area contributed by atoms with E-state index in [2.05, 4.69) is 55.4 Å². The second kappa shape index (κ2) is 15.7. The van der Waals surface area contributed by atoms with Gasteiger partial charge in [-0.15, -0.1) is 0 Å². The third-order valence-electron chi connectivity index (χ3n) is 5.72. The number of rotatable bonds is 20. The van der Waals surface area contributed by atoms with Crippen molar-refractivity contribution in [2.75, 3.05) is 0 Å². The van der Waals surface area contributed by atoms with Crippen LogP contribution in [-0.4, -0.2) is 67.7 Å². The average molecular weight is 617 g/mol. The first-order valence-corrected chi connectivity index (χ1v) is 27.1. The maximum atomic E-state index is 6.90. The molecule has 0 spiro atoms. The highest BCUT2D eigenvalue weighted by Crippen LogP contribution is 2.33. The van der Waals surface area contributed by atoms with E-state index in [-0.39, 0.29) is 24.4 Å². The van der Waals surface area contributed by atoms with Gasteiger partial charge in [0.25, 0.3) is 0 Å². The van der Waals surface area contributed by atoms with E-state index in [9.17, 15) is 0 Å². The molecule has 0 saturated heterocycles. The zero-order valence-corrected chi connectivity index (χ0v) is 31.9. The standard InChI is InChI=1S/C24H60O8Si5/c1-17-21(5)25-33(9,10)29-37(30-34(11,12)26-22(6)18-2,31-35(13,14)27-23(7)19-3)32-36(15,16)28-24(8)20-4/h21-24H,17-20H2,1-16H3. The van der Waals surface area contributed by atoms with Crippen LogP contribution in [0.2, 0.25) is 52.4 Å². The van der Waals surface area contributed by atoms with Crippen LogP contribution >= 0.6 is 0 Å². The van der Waals surface area contributed by atoms with Crippen molar-refractivity contribution in [3.8, 4) is 0 Å². The van der Waals surface area contributed by atoms with E-state index < -0.39 is 43.3 Å². The van der Waals surface area contributed by atoms with Crippen molar-refractivity contribution in [2.45, 2.75) is 158 Å². The Labute approximate surface area is 234 Å². The van der Waals surface area contributed by atoms with Gasteiger partial charge in [-0.1, -0.05) is 27.7 Å². The quantitative estimate of drug-likeness (QED) is 0.130. The van der Waals surface area contributed by atoms with Crippen LogP contribution in [-0.2, 0) is 34.2 Å². The minimum absolute atomic E-state index is 0.0400. The Morgan fingerprint density at radius 1 is 0.378 bits per heavy atom. The third-order valence-corrected chi connectivity index (χ3v) is 21.5. The Hall–Kier alpha value is 0.764. The molecule has 0 N–H and O–H groups in total. The minimum Gasteiger partial charge on any atom is -0.392 e. The Morgan fingerprint density at radius 3 is 0.676 bits per heavy atom. The van der Waals surface area contributed by atoms with Gasteiger partial charge in [-0.25, -0.2) is 0 Å². The summed E-state index contributed by atoms with van der Waals surface area (Å²) in [6.07, 6.45) is 3.67. The summed E-state index contributed by atoms with van der Waals surface area (Å²) < 4.78 is 53.3. The summed E-state index contributed by atoms with van der Waals surface area (Å²) in [4.78, 5) is 0. The van der Waals surface area contributed by atoms with E-state index >= 15 is 0 Å². The van der Waals surface area contributed by atoms with E-state index in [1.54, 1.807) is 0 Å². The molecule has 0 heterocycles. The average Bonchev–Trinajstić information content (AvgIpc) is 2.69. The van der Waals surface area contributed by atoms with E-state index in [1.807, 2.05) is 52.4 Å². The molecule has 0 saturated carbocycles. The monoisotopic (exact) mass is 616 g/mol. The van der Waals surface area contributed by atoms with Crippen LogP contribution in [0, 0.1) is 0 Å². The van der Waals surface area contributed by atoms with Crippen LogP contribution in [0.4, 0.5) is 0 Å². The van der Waals surface area contributed by atoms with Gasteiger partial charge in [0.2, 0.25) is 0 Å². The summed E-state index contributed by atoms with van der Waals surface area (Å²) in [7, 11) is -15.0. The molecule has 0 radical (unpaired) electrons. The molecule has 37 heavy (non-hydrogen) atoms. The fourth-order valence-corrected chi connectivity index (χ4v) is 21.9. The molecule has 0 fully saturated rings. The normalized spacial score (nSPS) is 18.8. The van der Waals surface area contributed by atoms with Gasteiger partial charge in [-0.3, -0.25) is 0 Å². The fourth-order valence-electron chi connectivity index (χ4n) is 3.70. The Balaban J connectivity index is 6.73. The summed E-state index contributed by atoms with van der Waals surface area (Å²) in [6, 6.07) is 0. The third kappa shape index (κ3) is 16.0. The fraction of sp³-hybridized carbons (Fsp3) is 1.00. The Morgan fingerprint density at radius 2 is 0.541 bits per heavy atom. The van der Waals surface area contributed by atoms with E-state index in [4.69, 9.17) is 34.2 Å². The Bertz CT molecular complexity index is 541. The van der Waals surface area contributed by atoms with Crippen LogP contribution in [0.3, 0.4) is 0 Å². The van der Waals surface area contributed by atoms with Crippen LogP contribution < -0.4 is 0 Å². The van der Waals surface area contributed by atoms with Crippen molar-refractivity contribution in [3.05, 3.63) is 0 Å². The van der Waals surface area contributed by atoms with Gasteiger partial charge in [0.05, 0.1) is 0 Å². The molecule has 0 rings (SSSR count). The molecule has 0 amide bonds. The van der Waals surface area contributed by atoms with Gasteiger partial charge in [0, 0.05) is 24.4 Å². The van der Waals surface area contributed by atoms with Gasteiger partial charge in [0.15, 0.2) is 0 Å². The largest absolute Gasteiger partial charge is 0.643 e. The summed E-state index contributed by atoms with van der Waals surface area (Å²) in [5.74, 6) is 0. The van der Waals surface area contributed by atoms with Crippen molar-refractivity contribution >= 4 is 43.3 Å². The van der Waals surface area contributed by atoms with Crippen molar-refractivity contribution in [3.63, 3.8) is 0 Å². The molecule has 0 aromatic rings. The second-order valence-corrected chi connectivity index (χ2v) is 28.3. The molecule has 0 bridgehead atoms. The molecule has 0 aromatic carbocycles. The molecule has 13 heteroatoms. The summed E-state index contributed by atoms with van der Waals surface area (Å²) in [6.45, 7) is 32.8. The predicted octanol–water partition coefficient (Wildman–Crippen LogP) is 7.56. The molecule has 0 aliphatic carbocycles. The van der Waals surface area contributed by atoms with Gasteiger partial charge in [-0.05, 0) is 106 Å². The van der Waals surface area contributed by atoms with Crippen molar-refractivity contribution in [1.29, 1.82) is 0 Å². The highest BCUT2D eigenvalue weighted by molar-refractivity contribution is 6.88. The lowest BCUT2D eigenvalue weighted by atomic mass is 10.3. The van der Waals surface area contributed by atoms with Crippen molar-refractivity contribution in [1.82, 2.24) is 0 Å². The first-order valence-electron chi connectivity index (χ1n) is 14.2. The number of hydrogen-bond donors (Lipinski definition) is 0. The molecule has 0 aliphatic heterocycles. The van der Waals surface area contributed by atoms with E-state index in [0.717, 1.165) is 25.7 Å². The number of hydrogen-bond acceptors (Lipinski definition) is 8. The maximum absolute atomic E-state index is 6.90. The molecule has 224 valence electrons. The lowest BCUT2D eigenvalue weighted by Crippen LogP contribution is -2.69.